The van der Waals surface area contributed by atoms with E-state index in [1.165, 1.54) is 12.2 Å². The summed E-state index contributed by atoms with van der Waals surface area (Å²) in [7, 11) is 0. The molecule has 0 radical (unpaired) electrons. The molecular formula is C34H48N4O2. The van der Waals surface area contributed by atoms with Crippen LogP contribution in [0, 0.1) is 21.6 Å². The van der Waals surface area contributed by atoms with Gasteiger partial charge in [-0.2, -0.15) is 0 Å². The van der Waals surface area contributed by atoms with Gasteiger partial charge in [0.1, 0.15) is 0 Å². The molecule has 0 unspecified atom stereocenters. The molecule has 0 fully saturated rings. The lowest BCUT2D eigenvalue weighted by atomic mass is 9.87. The Morgan fingerprint density at radius 2 is 0.975 bits per heavy atom. The number of nitrogens with one attached hydrogen (secondary N) is 4. The molecular weight excluding hydrogens is 496 g/mol. The van der Waals surface area contributed by atoms with Crippen molar-refractivity contribution in [3.63, 3.8) is 0 Å². The highest BCUT2D eigenvalue weighted by molar-refractivity contribution is 6.09. The van der Waals surface area contributed by atoms with Gasteiger partial charge in [0.15, 0.2) is 0 Å². The summed E-state index contributed by atoms with van der Waals surface area (Å²) in [4.78, 5) is 0. The number of ether oxygens (including phenoxy) is 2. The molecule has 2 aromatic carbocycles. The lowest BCUT2D eigenvalue weighted by molar-refractivity contribution is 0.535. The van der Waals surface area contributed by atoms with E-state index in [-0.39, 0.29) is 47.4 Å². The molecule has 0 aliphatic carbocycles. The Morgan fingerprint density at radius 1 is 0.650 bits per heavy atom. The average molecular weight is 545 g/mol. The fourth-order valence-corrected chi connectivity index (χ4v) is 3.35. The fraction of sp³-hybridized carbons (Fsp3) is 0.353. The highest BCUT2D eigenvalue weighted by Gasteiger charge is 2.17. The molecule has 0 amide bonds. The first-order valence-corrected chi connectivity index (χ1v) is 13.1. The van der Waals surface area contributed by atoms with Crippen molar-refractivity contribution in [2.75, 3.05) is 0 Å². The Bertz CT molecular complexity index is 1250. The van der Waals surface area contributed by atoms with Crippen LogP contribution in [0.4, 0.5) is 0 Å². The van der Waals surface area contributed by atoms with Gasteiger partial charge in [0.2, 0.25) is 23.6 Å². The third-order valence-electron chi connectivity index (χ3n) is 5.80. The van der Waals surface area contributed by atoms with Gasteiger partial charge in [-0.25, -0.2) is 0 Å². The lowest BCUT2D eigenvalue weighted by Crippen LogP contribution is -2.17. The van der Waals surface area contributed by atoms with E-state index in [9.17, 15) is 0 Å². The summed E-state index contributed by atoms with van der Waals surface area (Å²) < 4.78 is 11.0. The second kappa shape index (κ2) is 15.5. The number of hydrogen-bond acceptors (Lipinski definition) is 6. The monoisotopic (exact) mass is 544 g/mol. The molecule has 0 saturated heterocycles. The molecule has 0 aliphatic heterocycles. The van der Waals surface area contributed by atoms with Crippen LogP contribution in [0.3, 0.4) is 0 Å². The molecule has 6 heteroatoms. The molecule has 6 nitrogen and oxygen atoms in total. The van der Waals surface area contributed by atoms with Crippen molar-refractivity contribution in [2.45, 2.75) is 80.6 Å². The van der Waals surface area contributed by atoms with Crippen LogP contribution in [0.25, 0.3) is 0 Å². The largest absolute Gasteiger partial charge is 0.421 e. The van der Waals surface area contributed by atoms with Crippen LogP contribution in [0.2, 0.25) is 0 Å². The van der Waals surface area contributed by atoms with Crippen LogP contribution < -0.4 is 0 Å². The zero-order chi connectivity index (χ0) is 30.0. The van der Waals surface area contributed by atoms with E-state index in [1.807, 2.05) is 38.1 Å². The van der Waals surface area contributed by atoms with E-state index in [1.54, 1.807) is 37.3 Å². The molecule has 0 spiro atoms. The number of allylic oxidation sites excluding steroid dienone is 1. The van der Waals surface area contributed by atoms with Crippen LogP contribution in [0.15, 0.2) is 84.5 Å². The molecule has 0 aliphatic rings. The molecule has 0 atom stereocenters. The zero-order valence-corrected chi connectivity index (χ0v) is 24.9. The van der Waals surface area contributed by atoms with E-state index in [0.29, 0.717) is 16.7 Å². The normalized spacial score (nSPS) is 11.7. The molecule has 2 rings (SSSR count). The van der Waals surface area contributed by atoms with Crippen molar-refractivity contribution in [3.8, 4) is 0 Å². The molecule has 0 bridgehead atoms. The fourth-order valence-electron chi connectivity index (χ4n) is 3.35. The summed E-state index contributed by atoms with van der Waals surface area (Å²) in [5.74, 6) is -0.829. The van der Waals surface area contributed by atoms with E-state index in [2.05, 4.69) is 48.1 Å². The van der Waals surface area contributed by atoms with Gasteiger partial charge in [0, 0.05) is 22.3 Å². The first-order chi connectivity index (χ1) is 18.2. The number of rotatable bonds is 6. The van der Waals surface area contributed by atoms with E-state index in [0.717, 1.165) is 11.1 Å². The van der Waals surface area contributed by atoms with Gasteiger partial charge in [0.05, 0.1) is 0 Å². The molecule has 2 aromatic rings. The maximum Gasteiger partial charge on any atom is 0.221 e. The van der Waals surface area contributed by atoms with Crippen molar-refractivity contribution < 1.29 is 9.47 Å². The summed E-state index contributed by atoms with van der Waals surface area (Å²) in [6.45, 7) is 22.2. The van der Waals surface area contributed by atoms with Crippen molar-refractivity contribution >= 4 is 23.6 Å². The molecule has 216 valence electrons. The third-order valence-corrected chi connectivity index (χ3v) is 5.80. The predicted molar refractivity (Wildman–Crippen MR) is 172 cm³/mol. The second-order valence-electron chi connectivity index (χ2n) is 10.7. The second-order valence-corrected chi connectivity index (χ2v) is 10.7. The van der Waals surface area contributed by atoms with E-state index >= 15 is 0 Å². The Morgan fingerprint density at radius 3 is 1.25 bits per heavy atom. The molecule has 40 heavy (non-hydrogen) atoms. The topological polar surface area (TPSA) is 114 Å². The van der Waals surface area contributed by atoms with Gasteiger partial charge in [0.25, 0.3) is 0 Å². The van der Waals surface area contributed by atoms with Crippen molar-refractivity contribution in [1.29, 1.82) is 21.6 Å². The Labute approximate surface area is 241 Å². The molecule has 4 N–H and O–H groups in total. The van der Waals surface area contributed by atoms with Crippen LogP contribution in [-0.2, 0) is 20.3 Å². The Hall–Kier alpha value is -4.06. The Kier molecular flexibility index (Phi) is 13.9. The third kappa shape index (κ3) is 10.3. The van der Waals surface area contributed by atoms with Crippen LogP contribution in [0.1, 0.15) is 92.0 Å². The van der Waals surface area contributed by atoms with E-state index in [4.69, 9.17) is 31.1 Å². The summed E-state index contributed by atoms with van der Waals surface area (Å²) in [5.41, 5.74) is 4.00. The van der Waals surface area contributed by atoms with Crippen molar-refractivity contribution in [3.05, 3.63) is 107 Å². The van der Waals surface area contributed by atoms with Gasteiger partial charge in [-0.1, -0.05) is 106 Å². The van der Waals surface area contributed by atoms with Crippen LogP contribution in [-0.4, -0.2) is 23.6 Å². The molecule has 0 aromatic heterocycles. The maximum absolute atomic E-state index is 8.36. The summed E-state index contributed by atoms with van der Waals surface area (Å²) in [5, 5.41) is 33.3. The summed E-state index contributed by atoms with van der Waals surface area (Å²) in [6, 6.07) is 15.0. The highest BCUT2D eigenvalue weighted by atomic mass is 16.5. The lowest BCUT2D eigenvalue weighted by Gasteiger charge is -2.19. The quantitative estimate of drug-likeness (QED) is 0.165. The van der Waals surface area contributed by atoms with Crippen molar-refractivity contribution in [1.82, 2.24) is 0 Å². The minimum absolute atomic E-state index is 0. The standard InChI is InChI=1S/C31H38N4O2.C2H6.CH4/c1-9-20(26(32)36-28(34)22-11-15-24(16-12-22)30(3,4)5)19-21(10-2)27(33)37-29(35)23-13-17-25(18-14-23)31(6,7)8;1-2;/h9-19,32-35H,1H2,2-8H3;1-2H3;1H4/b20-19+,21-10+,32-26?,33-27?,34-28?,35-29?;;. The Balaban J connectivity index is 0.00000495. The minimum atomic E-state index is -0.278. The first-order valence-electron chi connectivity index (χ1n) is 13.1. The number of hydrogen-bond donors (Lipinski definition) is 4. The predicted octanol–water partition coefficient (Wildman–Crippen LogP) is 9.34. The van der Waals surface area contributed by atoms with Gasteiger partial charge >= 0.3 is 0 Å². The molecule has 0 saturated carbocycles. The highest BCUT2D eigenvalue weighted by Crippen LogP contribution is 2.23. The SMILES string of the molecule is C.C=C/C(=C\C(=C/C)C(=N)OC(=N)c1ccc(C(C)(C)C)cc1)C(=N)OC(=N)c1ccc(C(C)(C)C)cc1.CC. The number of benzene rings is 2. The first kappa shape index (κ1) is 35.9. The van der Waals surface area contributed by atoms with Gasteiger partial charge in [-0.15, -0.1) is 0 Å². The smallest absolute Gasteiger partial charge is 0.221 e. The van der Waals surface area contributed by atoms with Gasteiger partial charge < -0.3 is 9.47 Å². The van der Waals surface area contributed by atoms with Gasteiger partial charge in [-0.3, -0.25) is 21.6 Å². The van der Waals surface area contributed by atoms with Gasteiger partial charge in [-0.05, 0) is 59.2 Å². The van der Waals surface area contributed by atoms with Crippen molar-refractivity contribution in [2.24, 2.45) is 0 Å². The summed E-state index contributed by atoms with van der Waals surface area (Å²) in [6.07, 6.45) is 4.58. The maximum atomic E-state index is 8.36. The zero-order valence-electron chi connectivity index (χ0n) is 24.9. The molecule has 0 heterocycles. The average Bonchev–Trinajstić information content (AvgIpc) is 2.89. The van der Waals surface area contributed by atoms with E-state index < -0.39 is 0 Å². The van der Waals surface area contributed by atoms with Crippen LogP contribution in [0.5, 0.6) is 0 Å². The summed E-state index contributed by atoms with van der Waals surface area (Å²) >= 11 is 0. The minimum Gasteiger partial charge on any atom is -0.421 e. The van der Waals surface area contributed by atoms with Crippen LogP contribution >= 0.6 is 0 Å².